The molecule has 1 aliphatic carbocycles. The summed E-state index contributed by atoms with van der Waals surface area (Å²) in [4.78, 5) is 6.94. The van der Waals surface area contributed by atoms with E-state index < -0.39 is 0 Å². The Hall–Kier alpha value is -1.19. The van der Waals surface area contributed by atoms with Crippen LogP contribution in [0.4, 0.5) is 4.39 Å². The number of halogens is 2. The lowest BCUT2D eigenvalue weighted by atomic mass is 9.96. The Balaban J connectivity index is 0.00000240. The average Bonchev–Trinajstić information content (AvgIpc) is 3.34. The molecule has 1 saturated heterocycles. The first-order valence-corrected chi connectivity index (χ1v) is 11.1. The fourth-order valence-corrected chi connectivity index (χ4v) is 4.71. The Morgan fingerprint density at radius 2 is 2.07 bits per heavy atom. The summed E-state index contributed by atoms with van der Waals surface area (Å²) in [6.07, 6.45) is 4.45. The molecule has 0 bridgehead atoms. The molecule has 29 heavy (non-hydrogen) atoms. The fourth-order valence-electron chi connectivity index (χ4n) is 4.05. The van der Waals surface area contributed by atoms with E-state index in [9.17, 15) is 4.39 Å². The first kappa shape index (κ1) is 22.5. The summed E-state index contributed by atoms with van der Waals surface area (Å²) < 4.78 is 13.6. The maximum Gasteiger partial charge on any atom is 0.191 e. The molecule has 0 unspecified atom stereocenters. The lowest BCUT2D eigenvalue weighted by Gasteiger charge is -2.33. The highest BCUT2D eigenvalue weighted by Gasteiger charge is 2.44. The number of guanidine groups is 1. The molecule has 1 aliphatic heterocycles. The Kier molecular flexibility index (Phi) is 7.92. The Labute approximate surface area is 194 Å². The summed E-state index contributed by atoms with van der Waals surface area (Å²) >= 11 is 1.77. The third-order valence-corrected chi connectivity index (χ3v) is 6.76. The van der Waals surface area contributed by atoms with E-state index in [1.165, 1.54) is 11.6 Å². The first-order chi connectivity index (χ1) is 13.7. The quantitative estimate of drug-likeness (QED) is 0.333. The number of rotatable bonds is 6. The molecule has 0 atom stereocenters. The number of nitrogens with one attached hydrogen (secondary N) is 2. The second-order valence-corrected chi connectivity index (χ2v) is 8.82. The average molecular weight is 528 g/mol. The van der Waals surface area contributed by atoms with Crippen molar-refractivity contribution in [3.8, 4) is 0 Å². The van der Waals surface area contributed by atoms with Gasteiger partial charge in [0.15, 0.2) is 5.96 Å². The van der Waals surface area contributed by atoms with Crippen LogP contribution < -0.4 is 10.6 Å². The fraction of sp³-hybridized carbons (Fsp3) is 0.500. The summed E-state index contributed by atoms with van der Waals surface area (Å²) in [5.41, 5.74) is 2.57. The second-order valence-electron chi connectivity index (χ2n) is 8.04. The van der Waals surface area contributed by atoms with E-state index in [2.05, 4.69) is 37.4 Å². The second kappa shape index (κ2) is 10.2. The van der Waals surface area contributed by atoms with Crippen molar-refractivity contribution < 1.29 is 4.39 Å². The molecule has 1 aromatic carbocycles. The van der Waals surface area contributed by atoms with Gasteiger partial charge in [-0.15, -0.1) is 24.0 Å². The molecule has 1 saturated carbocycles. The Morgan fingerprint density at radius 1 is 1.28 bits per heavy atom. The van der Waals surface area contributed by atoms with E-state index in [-0.39, 0.29) is 35.2 Å². The standard InChI is InChI=1S/C22H29FN4S.HI/c1-24-21(25-16-22(8-9-22)18-3-2-4-19(23)13-18)26-20-5-10-27(11-6-20)14-17-7-12-28-15-17;/h2-4,7,12-13,15,20H,5-6,8-11,14,16H2,1H3,(H2,24,25,26);1H. The molecule has 2 fully saturated rings. The third kappa shape index (κ3) is 5.92. The SMILES string of the molecule is CN=C(NCC1(c2cccc(F)c2)CC1)NC1CCN(Cc2ccsc2)CC1.I. The number of benzene rings is 1. The molecule has 2 aliphatic rings. The van der Waals surface area contributed by atoms with Crippen LogP contribution in [-0.4, -0.2) is 43.6 Å². The summed E-state index contributed by atoms with van der Waals surface area (Å²) in [6, 6.07) is 9.70. The lowest BCUT2D eigenvalue weighted by Crippen LogP contribution is -2.49. The number of aliphatic imine (C=N–C) groups is 1. The highest BCUT2D eigenvalue weighted by Crippen LogP contribution is 2.47. The van der Waals surface area contributed by atoms with Crippen LogP contribution in [0.25, 0.3) is 0 Å². The zero-order valence-corrected chi connectivity index (χ0v) is 20.0. The number of nitrogens with zero attached hydrogens (tertiary/aromatic N) is 2. The van der Waals surface area contributed by atoms with Crippen LogP contribution in [0.1, 0.15) is 36.8 Å². The van der Waals surface area contributed by atoms with Gasteiger partial charge in [-0.25, -0.2) is 4.39 Å². The van der Waals surface area contributed by atoms with Gasteiger partial charge in [0.2, 0.25) is 0 Å². The largest absolute Gasteiger partial charge is 0.356 e. The van der Waals surface area contributed by atoms with E-state index in [4.69, 9.17) is 0 Å². The van der Waals surface area contributed by atoms with Gasteiger partial charge in [-0.1, -0.05) is 12.1 Å². The van der Waals surface area contributed by atoms with Crippen LogP contribution in [-0.2, 0) is 12.0 Å². The minimum Gasteiger partial charge on any atom is -0.356 e. The monoisotopic (exact) mass is 528 g/mol. The normalized spacial score (nSPS) is 19.4. The molecule has 158 valence electrons. The van der Waals surface area contributed by atoms with Crippen molar-refractivity contribution in [3.63, 3.8) is 0 Å². The predicted molar refractivity (Wildman–Crippen MR) is 130 cm³/mol. The third-order valence-electron chi connectivity index (χ3n) is 6.02. The molecule has 2 aromatic rings. The Morgan fingerprint density at radius 3 is 2.69 bits per heavy atom. The molecule has 0 spiro atoms. The maximum atomic E-state index is 13.6. The summed E-state index contributed by atoms with van der Waals surface area (Å²) in [6.45, 7) is 4.07. The van der Waals surface area contributed by atoms with Crippen LogP contribution in [0.15, 0.2) is 46.1 Å². The van der Waals surface area contributed by atoms with Gasteiger partial charge in [-0.05, 0) is 65.8 Å². The minimum absolute atomic E-state index is 0. The number of hydrogen-bond donors (Lipinski definition) is 2. The number of hydrogen-bond acceptors (Lipinski definition) is 3. The van der Waals surface area contributed by atoms with Gasteiger partial charge in [0.1, 0.15) is 5.82 Å². The van der Waals surface area contributed by atoms with Crippen molar-refractivity contribution in [1.82, 2.24) is 15.5 Å². The molecule has 2 heterocycles. The van der Waals surface area contributed by atoms with Crippen molar-refractivity contribution in [2.24, 2.45) is 4.99 Å². The smallest absolute Gasteiger partial charge is 0.191 e. The zero-order valence-electron chi connectivity index (χ0n) is 16.9. The van der Waals surface area contributed by atoms with Gasteiger partial charge in [0, 0.05) is 44.7 Å². The van der Waals surface area contributed by atoms with Gasteiger partial charge >= 0.3 is 0 Å². The molecular formula is C22H30FIN4S. The molecule has 4 rings (SSSR count). The topological polar surface area (TPSA) is 39.7 Å². The minimum atomic E-state index is -0.152. The van der Waals surface area contributed by atoms with Crippen molar-refractivity contribution in [1.29, 1.82) is 0 Å². The van der Waals surface area contributed by atoms with Gasteiger partial charge < -0.3 is 10.6 Å². The highest BCUT2D eigenvalue weighted by molar-refractivity contribution is 14.0. The zero-order chi connectivity index (χ0) is 19.4. The molecule has 0 radical (unpaired) electrons. The van der Waals surface area contributed by atoms with E-state index in [1.54, 1.807) is 17.4 Å². The van der Waals surface area contributed by atoms with Crippen LogP contribution in [0.2, 0.25) is 0 Å². The molecule has 1 aromatic heterocycles. The molecule has 2 N–H and O–H groups in total. The van der Waals surface area contributed by atoms with Gasteiger partial charge in [0.05, 0.1) is 0 Å². The van der Waals surface area contributed by atoms with Crippen LogP contribution in [0.3, 0.4) is 0 Å². The van der Waals surface area contributed by atoms with Crippen molar-refractivity contribution in [3.05, 3.63) is 58.0 Å². The molecule has 7 heteroatoms. The number of likely N-dealkylation sites (tertiary alicyclic amines) is 1. The van der Waals surface area contributed by atoms with Crippen molar-refractivity contribution in [2.45, 2.75) is 43.7 Å². The van der Waals surface area contributed by atoms with Gasteiger partial charge in [-0.3, -0.25) is 9.89 Å². The van der Waals surface area contributed by atoms with E-state index in [0.29, 0.717) is 6.04 Å². The Bertz CT molecular complexity index is 799. The van der Waals surface area contributed by atoms with E-state index >= 15 is 0 Å². The highest BCUT2D eigenvalue weighted by atomic mass is 127. The van der Waals surface area contributed by atoms with Crippen molar-refractivity contribution >= 4 is 41.3 Å². The summed E-state index contributed by atoms with van der Waals surface area (Å²) in [5.74, 6) is 0.708. The van der Waals surface area contributed by atoms with Gasteiger partial charge in [0.25, 0.3) is 0 Å². The van der Waals surface area contributed by atoms with Crippen LogP contribution >= 0.6 is 35.3 Å². The molecule has 4 nitrogen and oxygen atoms in total. The van der Waals surface area contributed by atoms with Gasteiger partial charge in [-0.2, -0.15) is 11.3 Å². The van der Waals surface area contributed by atoms with Crippen LogP contribution in [0, 0.1) is 5.82 Å². The maximum absolute atomic E-state index is 13.6. The van der Waals surface area contributed by atoms with E-state index in [0.717, 1.165) is 63.4 Å². The van der Waals surface area contributed by atoms with Crippen molar-refractivity contribution in [2.75, 3.05) is 26.7 Å². The summed E-state index contributed by atoms with van der Waals surface area (Å²) in [5, 5.41) is 11.5. The first-order valence-electron chi connectivity index (χ1n) is 10.1. The predicted octanol–water partition coefficient (Wildman–Crippen LogP) is 4.37. The number of thiophene rings is 1. The lowest BCUT2D eigenvalue weighted by molar-refractivity contribution is 0.198. The molecular weight excluding hydrogens is 498 g/mol. The van der Waals surface area contributed by atoms with Crippen LogP contribution in [0.5, 0.6) is 0 Å². The van der Waals surface area contributed by atoms with E-state index in [1.807, 2.05) is 19.2 Å². The number of piperidine rings is 1. The summed E-state index contributed by atoms with van der Waals surface area (Å²) in [7, 11) is 1.82. The molecule has 0 amide bonds.